The highest BCUT2D eigenvalue weighted by molar-refractivity contribution is 9.09. The van der Waals surface area contributed by atoms with Crippen LogP contribution in [0.5, 0.6) is 0 Å². The van der Waals surface area contributed by atoms with E-state index in [4.69, 9.17) is 0 Å². The van der Waals surface area contributed by atoms with E-state index >= 15 is 0 Å². The molecule has 1 unspecified atom stereocenters. The Kier molecular flexibility index (Phi) is 7.12. The Balaban J connectivity index is 2.24. The van der Waals surface area contributed by atoms with Crippen molar-refractivity contribution in [1.29, 1.82) is 0 Å². The standard InChI is InChI=1S/C13H25BrN2O/c1-3-12(2)15-8-10-16(11-9-15)13(17)6-4-5-7-14/h12H,3-11H2,1-2H3. The number of piperazine rings is 1. The van der Waals surface area contributed by atoms with Crippen molar-refractivity contribution in [3.8, 4) is 0 Å². The molecule has 0 aromatic rings. The van der Waals surface area contributed by atoms with Gasteiger partial charge in [0.2, 0.25) is 5.91 Å². The maximum Gasteiger partial charge on any atom is 0.222 e. The second kappa shape index (κ2) is 8.09. The van der Waals surface area contributed by atoms with Crippen molar-refractivity contribution in [3.05, 3.63) is 0 Å². The van der Waals surface area contributed by atoms with Crippen LogP contribution in [0.25, 0.3) is 0 Å². The minimum Gasteiger partial charge on any atom is -0.340 e. The van der Waals surface area contributed by atoms with Gasteiger partial charge in [-0.25, -0.2) is 0 Å². The Morgan fingerprint density at radius 2 is 1.88 bits per heavy atom. The monoisotopic (exact) mass is 304 g/mol. The van der Waals surface area contributed by atoms with Crippen molar-refractivity contribution in [2.45, 2.75) is 45.6 Å². The fourth-order valence-electron chi connectivity index (χ4n) is 2.20. The summed E-state index contributed by atoms with van der Waals surface area (Å²) in [6.45, 7) is 8.41. The first kappa shape index (κ1) is 15.0. The molecule has 0 aromatic heterocycles. The molecule has 1 saturated heterocycles. The van der Waals surface area contributed by atoms with E-state index in [9.17, 15) is 4.79 Å². The molecule has 1 fully saturated rings. The number of carbonyl (C=O) groups excluding carboxylic acids is 1. The largest absolute Gasteiger partial charge is 0.340 e. The van der Waals surface area contributed by atoms with Crippen LogP contribution in [-0.2, 0) is 4.79 Å². The molecule has 3 nitrogen and oxygen atoms in total. The molecule has 100 valence electrons. The van der Waals surface area contributed by atoms with Gasteiger partial charge < -0.3 is 4.90 Å². The molecule has 0 aliphatic carbocycles. The van der Waals surface area contributed by atoms with Gasteiger partial charge in [0.15, 0.2) is 0 Å². The third-order valence-corrected chi connectivity index (χ3v) is 4.22. The molecule has 0 N–H and O–H groups in total. The molecule has 17 heavy (non-hydrogen) atoms. The molecule has 1 heterocycles. The van der Waals surface area contributed by atoms with Crippen LogP contribution >= 0.6 is 15.9 Å². The van der Waals surface area contributed by atoms with Crippen LogP contribution in [0.4, 0.5) is 0 Å². The van der Waals surface area contributed by atoms with Crippen molar-refractivity contribution in [3.63, 3.8) is 0 Å². The van der Waals surface area contributed by atoms with Crippen molar-refractivity contribution in [1.82, 2.24) is 9.80 Å². The summed E-state index contributed by atoms with van der Waals surface area (Å²) in [4.78, 5) is 16.4. The van der Waals surface area contributed by atoms with Crippen LogP contribution in [0, 0.1) is 0 Å². The first-order valence-corrected chi connectivity index (χ1v) is 7.89. The second-order valence-electron chi connectivity index (χ2n) is 4.82. The number of carbonyl (C=O) groups is 1. The Bertz CT molecular complexity index is 227. The number of halogens is 1. The van der Waals surface area contributed by atoms with Gasteiger partial charge >= 0.3 is 0 Å². The van der Waals surface area contributed by atoms with Gasteiger partial charge in [-0.2, -0.15) is 0 Å². The molecule has 1 aliphatic heterocycles. The van der Waals surface area contributed by atoms with E-state index in [0.717, 1.165) is 50.8 Å². The van der Waals surface area contributed by atoms with Crippen LogP contribution in [0.3, 0.4) is 0 Å². The minimum absolute atomic E-state index is 0.342. The molecule has 0 aromatic carbocycles. The third-order valence-electron chi connectivity index (χ3n) is 3.66. The SMILES string of the molecule is CCC(C)N1CCN(C(=O)CCCCBr)CC1. The summed E-state index contributed by atoms with van der Waals surface area (Å²) in [5.41, 5.74) is 0. The van der Waals surface area contributed by atoms with Gasteiger partial charge in [0, 0.05) is 44.0 Å². The van der Waals surface area contributed by atoms with Gasteiger partial charge in [0.25, 0.3) is 0 Å². The summed E-state index contributed by atoms with van der Waals surface area (Å²) in [5.74, 6) is 0.342. The lowest BCUT2D eigenvalue weighted by molar-refractivity contribution is -0.133. The number of nitrogens with zero attached hydrogens (tertiary/aromatic N) is 2. The van der Waals surface area contributed by atoms with Crippen LogP contribution in [0.15, 0.2) is 0 Å². The summed E-state index contributed by atoms with van der Waals surface area (Å²) in [5, 5.41) is 1.00. The zero-order valence-electron chi connectivity index (χ0n) is 11.1. The predicted octanol–water partition coefficient (Wildman–Crippen LogP) is 2.49. The normalized spacial score (nSPS) is 19.4. The van der Waals surface area contributed by atoms with Crippen LogP contribution in [0.2, 0.25) is 0 Å². The predicted molar refractivity (Wildman–Crippen MR) is 75.6 cm³/mol. The van der Waals surface area contributed by atoms with E-state index in [1.54, 1.807) is 0 Å². The minimum atomic E-state index is 0.342. The number of unbranched alkanes of at least 4 members (excludes halogenated alkanes) is 1. The number of hydrogen-bond donors (Lipinski definition) is 0. The zero-order valence-corrected chi connectivity index (χ0v) is 12.7. The lowest BCUT2D eigenvalue weighted by atomic mass is 10.1. The fraction of sp³-hybridized carbons (Fsp3) is 0.923. The quantitative estimate of drug-likeness (QED) is 0.556. The van der Waals surface area contributed by atoms with E-state index in [-0.39, 0.29) is 0 Å². The van der Waals surface area contributed by atoms with Gasteiger partial charge in [0.05, 0.1) is 0 Å². The lowest BCUT2D eigenvalue weighted by Gasteiger charge is -2.37. The lowest BCUT2D eigenvalue weighted by Crippen LogP contribution is -2.51. The highest BCUT2D eigenvalue weighted by atomic mass is 79.9. The van der Waals surface area contributed by atoms with Crippen molar-refractivity contribution in [2.75, 3.05) is 31.5 Å². The van der Waals surface area contributed by atoms with Crippen molar-refractivity contribution < 1.29 is 4.79 Å². The van der Waals surface area contributed by atoms with Crippen molar-refractivity contribution in [2.24, 2.45) is 0 Å². The first-order valence-electron chi connectivity index (χ1n) is 6.76. The molecule has 1 aliphatic rings. The number of rotatable bonds is 6. The summed E-state index contributed by atoms with van der Waals surface area (Å²) < 4.78 is 0. The fourth-order valence-corrected chi connectivity index (χ4v) is 2.60. The number of alkyl halides is 1. The Morgan fingerprint density at radius 1 is 1.24 bits per heavy atom. The molecule has 1 amide bonds. The molecule has 4 heteroatoms. The van der Waals surface area contributed by atoms with Crippen LogP contribution in [0.1, 0.15) is 39.5 Å². The zero-order chi connectivity index (χ0) is 12.7. The van der Waals surface area contributed by atoms with E-state index < -0.39 is 0 Å². The maximum absolute atomic E-state index is 11.9. The van der Waals surface area contributed by atoms with Gasteiger partial charge in [-0.15, -0.1) is 0 Å². The van der Waals surface area contributed by atoms with Gasteiger partial charge in [-0.05, 0) is 26.2 Å². The summed E-state index contributed by atoms with van der Waals surface area (Å²) in [6.07, 6.45) is 4.02. The van der Waals surface area contributed by atoms with E-state index in [1.165, 1.54) is 6.42 Å². The van der Waals surface area contributed by atoms with Gasteiger partial charge in [0.1, 0.15) is 0 Å². The topological polar surface area (TPSA) is 23.6 Å². The molecular formula is C13H25BrN2O. The van der Waals surface area contributed by atoms with E-state index in [0.29, 0.717) is 11.9 Å². The average molecular weight is 305 g/mol. The Hall–Kier alpha value is -0.0900. The first-order chi connectivity index (χ1) is 8.19. The molecule has 0 radical (unpaired) electrons. The summed E-state index contributed by atoms with van der Waals surface area (Å²) >= 11 is 3.40. The number of hydrogen-bond acceptors (Lipinski definition) is 2. The van der Waals surface area contributed by atoms with Gasteiger partial charge in [-0.3, -0.25) is 9.69 Å². The number of amides is 1. The Morgan fingerprint density at radius 3 is 2.41 bits per heavy atom. The second-order valence-corrected chi connectivity index (χ2v) is 5.61. The molecular weight excluding hydrogens is 280 g/mol. The summed E-state index contributed by atoms with van der Waals surface area (Å²) in [6, 6.07) is 0.653. The molecule has 0 spiro atoms. The maximum atomic E-state index is 11.9. The van der Waals surface area contributed by atoms with Crippen LogP contribution < -0.4 is 0 Å². The highest BCUT2D eigenvalue weighted by Gasteiger charge is 2.22. The van der Waals surface area contributed by atoms with Gasteiger partial charge in [-0.1, -0.05) is 22.9 Å². The van der Waals surface area contributed by atoms with E-state index in [1.807, 2.05) is 4.90 Å². The molecule has 1 atom stereocenters. The molecule has 1 rings (SSSR count). The summed E-state index contributed by atoms with van der Waals surface area (Å²) in [7, 11) is 0. The average Bonchev–Trinajstić information content (AvgIpc) is 2.38. The third kappa shape index (κ3) is 4.96. The van der Waals surface area contributed by atoms with Crippen LogP contribution in [-0.4, -0.2) is 53.3 Å². The molecule has 0 bridgehead atoms. The molecule has 0 saturated carbocycles. The van der Waals surface area contributed by atoms with E-state index in [2.05, 4.69) is 34.7 Å². The highest BCUT2D eigenvalue weighted by Crippen LogP contribution is 2.10. The smallest absolute Gasteiger partial charge is 0.222 e. The Labute approximate surface area is 114 Å². The van der Waals surface area contributed by atoms with Crippen molar-refractivity contribution >= 4 is 21.8 Å².